The minimum Gasteiger partial charge on any atom is -0.352 e. The van der Waals surface area contributed by atoms with Crippen LogP contribution in [0.4, 0.5) is 4.39 Å². The number of aryl methyl sites for hydroxylation is 1. The summed E-state index contributed by atoms with van der Waals surface area (Å²) in [4.78, 5) is 29.0. The molecule has 1 atom stereocenters. The molecule has 1 fully saturated rings. The first-order valence-corrected chi connectivity index (χ1v) is 14.2. The van der Waals surface area contributed by atoms with Gasteiger partial charge in [0.1, 0.15) is 11.9 Å². The first-order valence-electron chi connectivity index (χ1n) is 13.0. The van der Waals surface area contributed by atoms with E-state index >= 15 is 0 Å². The van der Waals surface area contributed by atoms with Gasteiger partial charge < -0.3 is 10.2 Å². The second-order valence-corrected chi connectivity index (χ2v) is 10.7. The van der Waals surface area contributed by atoms with Crippen molar-refractivity contribution in [3.8, 4) is 0 Å². The van der Waals surface area contributed by atoms with E-state index in [1.165, 1.54) is 29.0 Å². The summed E-state index contributed by atoms with van der Waals surface area (Å²) in [5, 5.41) is 3.19. The molecule has 2 amide bonds. The smallest absolute Gasteiger partial charge is 0.243 e. The first-order chi connectivity index (χ1) is 18.0. The van der Waals surface area contributed by atoms with Gasteiger partial charge in [-0.3, -0.25) is 9.59 Å². The molecule has 6 heteroatoms. The van der Waals surface area contributed by atoms with Crippen LogP contribution in [0.2, 0.25) is 0 Å². The number of nitrogens with zero attached hydrogens (tertiary/aromatic N) is 1. The van der Waals surface area contributed by atoms with E-state index in [4.69, 9.17) is 0 Å². The summed E-state index contributed by atoms with van der Waals surface area (Å²) in [6.07, 6.45) is 4.49. The molecule has 1 saturated carbocycles. The van der Waals surface area contributed by atoms with E-state index in [1.54, 1.807) is 23.1 Å². The third-order valence-corrected chi connectivity index (χ3v) is 7.98. The van der Waals surface area contributed by atoms with Crippen LogP contribution in [0.1, 0.15) is 47.9 Å². The third-order valence-electron chi connectivity index (χ3n) is 7.02. The van der Waals surface area contributed by atoms with Gasteiger partial charge in [0.05, 0.1) is 5.75 Å². The van der Waals surface area contributed by atoms with Gasteiger partial charge in [0.15, 0.2) is 0 Å². The largest absolute Gasteiger partial charge is 0.352 e. The molecule has 0 aromatic heterocycles. The van der Waals surface area contributed by atoms with Crippen LogP contribution in [0.25, 0.3) is 0 Å². The minimum absolute atomic E-state index is 0.0476. The molecule has 0 heterocycles. The van der Waals surface area contributed by atoms with Crippen molar-refractivity contribution in [1.82, 2.24) is 10.2 Å². The van der Waals surface area contributed by atoms with Crippen molar-refractivity contribution in [3.63, 3.8) is 0 Å². The molecule has 0 radical (unpaired) electrons. The van der Waals surface area contributed by atoms with Crippen LogP contribution in [0.5, 0.6) is 0 Å². The molecular formula is C31H35FN2O2S. The van der Waals surface area contributed by atoms with E-state index in [-0.39, 0.29) is 36.0 Å². The molecule has 0 saturated heterocycles. The van der Waals surface area contributed by atoms with E-state index in [1.807, 2.05) is 42.5 Å². The highest BCUT2D eigenvalue weighted by atomic mass is 32.2. The summed E-state index contributed by atoms with van der Waals surface area (Å²) in [7, 11) is 0. The Labute approximate surface area is 223 Å². The second kappa shape index (κ2) is 13.4. The summed E-state index contributed by atoms with van der Waals surface area (Å²) in [5.74, 6) is 0.213. The van der Waals surface area contributed by atoms with Gasteiger partial charge in [-0.1, -0.05) is 85.6 Å². The lowest BCUT2D eigenvalue weighted by Gasteiger charge is -2.32. The molecule has 3 aromatic carbocycles. The molecule has 0 bridgehead atoms. The summed E-state index contributed by atoms with van der Waals surface area (Å²) in [5.41, 5.74) is 3.74. The van der Waals surface area contributed by atoms with E-state index in [2.05, 4.69) is 24.4 Å². The van der Waals surface area contributed by atoms with Crippen LogP contribution in [0, 0.1) is 12.7 Å². The fourth-order valence-electron chi connectivity index (χ4n) is 4.83. The fraction of sp³-hybridized carbons (Fsp3) is 0.355. The molecule has 4 nitrogen and oxygen atoms in total. The molecule has 0 spiro atoms. The molecule has 37 heavy (non-hydrogen) atoms. The van der Waals surface area contributed by atoms with Crippen LogP contribution in [0.3, 0.4) is 0 Å². The molecule has 1 aliphatic rings. The topological polar surface area (TPSA) is 49.4 Å². The van der Waals surface area contributed by atoms with Gasteiger partial charge in [0.25, 0.3) is 0 Å². The summed E-state index contributed by atoms with van der Waals surface area (Å²) < 4.78 is 14.7. The number of halogens is 1. The van der Waals surface area contributed by atoms with Crippen molar-refractivity contribution in [2.45, 2.75) is 63.4 Å². The number of benzene rings is 3. The quantitative estimate of drug-likeness (QED) is 0.335. The van der Waals surface area contributed by atoms with Crippen molar-refractivity contribution in [2.75, 3.05) is 5.75 Å². The number of hydrogen-bond acceptors (Lipinski definition) is 3. The number of carbonyl (C=O) groups excluding carboxylic acids is 2. The zero-order valence-electron chi connectivity index (χ0n) is 21.4. The average Bonchev–Trinajstić information content (AvgIpc) is 3.42. The SMILES string of the molecule is Cc1ccccc1CSCC(=O)N(Cc1ccccc1F)C(Cc1ccccc1)C(=O)NC1CCCC1. The third kappa shape index (κ3) is 7.68. The van der Waals surface area contributed by atoms with Gasteiger partial charge in [0.2, 0.25) is 11.8 Å². The van der Waals surface area contributed by atoms with Gasteiger partial charge in [-0.25, -0.2) is 4.39 Å². The number of hydrogen-bond donors (Lipinski definition) is 1. The van der Waals surface area contributed by atoms with Crippen molar-refractivity contribution in [3.05, 3.63) is 107 Å². The highest BCUT2D eigenvalue weighted by Gasteiger charge is 2.32. The number of amides is 2. The lowest BCUT2D eigenvalue weighted by Crippen LogP contribution is -2.52. The van der Waals surface area contributed by atoms with Crippen LogP contribution in [0.15, 0.2) is 78.9 Å². The monoisotopic (exact) mass is 518 g/mol. The lowest BCUT2D eigenvalue weighted by atomic mass is 10.0. The molecular weight excluding hydrogens is 483 g/mol. The van der Waals surface area contributed by atoms with Gasteiger partial charge in [-0.2, -0.15) is 0 Å². The Bertz CT molecular complexity index is 1180. The molecule has 1 N–H and O–H groups in total. The fourth-order valence-corrected chi connectivity index (χ4v) is 5.82. The zero-order chi connectivity index (χ0) is 26.0. The second-order valence-electron chi connectivity index (χ2n) is 9.73. The predicted molar refractivity (Wildman–Crippen MR) is 149 cm³/mol. The molecule has 194 valence electrons. The Balaban J connectivity index is 1.58. The molecule has 1 aliphatic carbocycles. The first kappa shape index (κ1) is 26.9. The van der Waals surface area contributed by atoms with E-state index < -0.39 is 6.04 Å². The van der Waals surface area contributed by atoms with Crippen molar-refractivity contribution < 1.29 is 14.0 Å². The standard InChI is InChI=1S/C31H35FN2O2S/c1-23-11-5-6-15-26(23)21-37-22-30(35)34(20-25-14-7-10-18-28(25)32)29(19-24-12-3-2-4-13-24)31(36)33-27-16-8-9-17-27/h2-7,10-15,18,27,29H,8-9,16-17,19-22H2,1H3,(H,33,36). The summed E-state index contributed by atoms with van der Waals surface area (Å²) in [6, 6.07) is 23.7. The van der Waals surface area contributed by atoms with Crippen LogP contribution >= 0.6 is 11.8 Å². The van der Waals surface area contributed by atoms with E-state index in [0.29, 0.717) is 17.7 Å². The summed E-state index contributed by atoms with van der Waals surface area (Å²) >= 11 is 1.52. The van der Waals surface area contributed by atoms with Crippen molar-refractivity contribution in [2.24, 2.45) is 0 Å². The number of nitrogens with one attached hydrogen (secondary N) is 1. The Morgan fingerprint density at radius 3 is 2.30 bits per heavy atom. The molecule has 0 aliphatic heterocycles. The Morgan fingerprint density at radius 1 is 0.946 bits per heavy atom. The lowest BCUT2D eigenvalue weighted by molar-refractivity contribution is -0.139. The highest BCUT2D eigenvalue weighted by Crippen LogP contribution is 2.22. The van der Waals surface area contributed by atoms with Crippen molar-refractivity contribution >= 4 is 23.6 Å². The maximum Gasteiger partial charge on any atom is 0.243 e. The Morgan fingerprint density at radius 2 is 1.59 bits per heavy atom. The number of thioether (sulfide) groups is 1. The minimum atomic E-state index is -0.728. The highest BCUT2D eigenvalue weighted by molar-refractivity contribution is 7.99. The molecule has 1 unspecified atom stereocenters. The maximum atomic E-state index is 14.7. The van der Waals surface area contributed by atoms with Gasteiger partial charge >= 0.3 is 0 Å². The molecule has 3 aromatic rings. The Kier molecular flexibility index (Phi) is 9.78. The predicted octanol–water partition coefficient (Wildman–Crippen LogP) is 6.07. The average molecular weight is 519 g/mol. The normalized spacial score (nSPS) is 14.3. The number of rotatable bonds is 11. The van der Waals surface area contributed by atoms with Crippen LogP contribution in [-0.4, -0.2) is 34.6 Å². The maximum absolute atomic E-state index is 14.7. The van der Waals surface area contributed by atoms with Crippen molar-refractivity contribution in [1.29, 1.82) is 0 Å². The van der Waals surface area contributed by atoms with Crippen LogP contribution in [-0.2, 0) is 28.3 Å². The van der Waals surface area contributed by atoms with E-state index in [0.717, 1.165) is 31.2 Å². The summed E-state index contributed by atoms with van der Waals surface area (Å²) in [6.45, 7) is 2.11. The van der Waals surface area contributed by atoms with Gasteiger partial charge in [0, 0.05) is 30.3 Å². The Hall–Kier alpha value is -3.12. The van der Waals surface area contributed by atoms with Gasteiger partial charge in [-0.05, 0) is 42.5 Å². The number of carbonyl (C=O) groups is 2. The molecule has 4 rings (SSSR count). The zero-order valence-corrected chi connectivity index (χ0v) is 22.2. The van der Waals surface area contributed by atoms with E-state index in [9.17, 15) is 14.0 Å². The van der Waals surface area contributed by atoms with Gasteiger partial charge in [-0.15, -0.1) is 11.8 Å². The van der Waals surface area contributed by atoms with Crippen LogP contribution < -0.4 is 5.32 Å².